The maximum Gasteiger partial charge on any atom is 0.295 e. The van der Waals surface area contributed by atoms with E-state index in [0.717, 1.165) is 5.56 Å². The quantitative estimate of drug-likeness (QED) is 0.483. The number of Topliss-reactive ketones (excluding diaryl/α,β-unsaturated/α-hetero) is 1. The first-order chi connectivity index (χ1) is 13.1. The molecule has 2 aromatic carbocycles. The van der Waals surface area contributed by atoms with Crippen LogP contribution in [0.4, 0.5) is 0 Å². The monoisotopic (exact) mass is 367 g/mol. The number of aliphatic hydroxyl groups is 1. The largest absolute Gasteiger partial charge is 0.507 e. The molecular formula is C21H21NO5. The second-order valence-corrected chi connectivity index (χ2v) is 6.12. The molecule has 0 saturated carbocycles. The molecule has 0 aliphatic carbocycles. The summed E-state index contributed by atoms with van der Waals surface area (Å²) in [5.41, 5.74) is 1.27. The number of ketones is 1. The van der Waals surface area contributed by atoms with E-state index >= 15 is 0 Å². The number of benzene rings is 2. The van der Waals surface area contributed by atoms with Gasteiger partial charge >= 0.3 is 0 Å². The van der Waals surface area contributed by atoms with Crippen molar-refractivity contribution in [3.63, 3.8) is 0 Å². The van der Waals surface area contributed by atoms with E-state index in [1.54, 1.807) is 31.4 Å². The van der Waals surface area contributed by atoms with Gasteiger partial charge in [0.1, 0.15) is 11.5 Å². The molecule has 1 fully saturated rings. The zero-order valence-electron chi connectivity index (χ0n) is 15.2. The Morgan fingerprint density at radius 2 is 1.70 bits per heavy atom. The van der Waals surface area contributed by atoms with Crippen LogP contribution in [0.3, 0.4) is 0 Å². The zero-order valence-corrected chi connectivity index (χ0v) is 15.2. The molecule has 2 aromatic rings. The molecule has 6 heteroatoms. The van der Waals surface area contributed by atoms with E-state index < -0.39 is 17.7 Å². The fourth-order valence-corrected chi connectivity index (χ4v) is 3.19. The number of aliphatic hydroxyl groups excluding tert-OH is 1. The first kappa shape index (κ1) is 18.7. The topological polar surface area (TPSA) is 76.1 Å². The standard InChI is InChI=1S/C21H21NO5/c1-26-13-12-22-18(14-6-4-3-5-7-14)17(20(24)21(22)25)19(23)15-8-10-16(27-2)11-9-15/h3-11,18,23H,12-13H2,1-2H3/b19-17+/t18-/m1/s1. The number of ether oxygens (including phenoxy) is 2. The minimum absolute atomic E-state index is 0.0764. The fraction of sp³-hybridized carbons (Fsp3) is 0.238. The fourth-order valence-electron chi connectivity index (χ4n) is 3.19. The van der Waals surface area contributed by atoms with Crippen LogP contribution in [0.15, 0.2) is 60.2 Å². The van der Waals surface area contributed by atoms with Gasteiger partial charge in [-0.15, -0.1) is 0 Å². The third-order valence-electron chi connectivity index (χ3n) is 4.56. The Morgan fingerprint density at radius 1 is 1.04 bits per heavy atom. The van der Waals surface area contributed by atoms with Crippen LogP contribution in [0.25, 0.3) is 5.76 Å². The molecule has 1 heterocycles. The highest BCUT2D eigenvalue weighted by molar-refractivity contribution is 6.46. The number of rotatable bonds is 6. The van der Waals surface area contributed by atoms with Crippen molar-refractivity contribution >= 4 is 17.4 Å². The van der Waals surface area contributed by atoms with Gasteiger partial charge in [0.25, 0.3) is 11.7 Å². The Kier molecular flexibility index (Phi) is 5.57. The van der Waals surface area contributed by atoms with Crippen LogP contribution < -0.4 is 4.74 Å². The van der Waals surface area contributed by atoms with Gasteiger partial charge in [0, 0.05) is 19.2 Å². The minimum atomic E-state index is -0.701. The van der Waals surface area contributed by atoms with Crippen LogP contribution in [-0.2, 0) is 14.3 Å². The molecule has 0 bridgehead atoms. The smallest absolute Gasteiger partial charge is 0.295 e. The Morgan fingerprint density at radius 3 is 2.30 bits per heavy atom. The van der Waals surface area contributed by atoms with Crippen LogP contribution in [0.5, 0.6) is 5.75 Å². The van der Waals surface area contributed by atoms with Crippen molar-refractivity contribution in [3.05, 3.63) is 71.3 Å². The van der Waals surface area contributed by atoms with E-state index in [1.807, 2.05) is 30.3 Å². The number of carbonyl (C=O) groups is 2. The molecule has 1 aliphatic heterocycles. The molecule has 140 valence electrons. The number of hydrogen-bond donors (Lipinski definition) is 1. The number of hydrogen-bond acceptors (Lipinski definition) is 5. The molecule has 1 N–H and O–H groups in total. The average Bonchev–Trinajstić information content (AvgIpc) is 2.97. The first-order valence-corrected chi connectivity index (χ1v) is 8.55. The van der Waals surface area contributed by atoms with Gasteiger partial charge in [-0.2, -0.15) is 0 Å². The van der Waals surface area contributed by atoms with Crippen molar-refractivity contribution in [2.75, 3.05) is 27.4 Å². The highest BCUT2D eigenvalue weighted by atomic mass is 16.5. The van der Waals surface area contributed by atoms with Gasteiger partial charge in [-0.1, -0.05) is 30.3 Å². The molecule has 1 aliphatic rings. The molecular weight excluding hydrogens is 346 g/mol. The lowest BCUT2D eigenvalue weighted by Crippen LogP contribution is -2.32. The lowest BCUT2D eigenvalue weighted by Gasteiger charge is -2.25. The number of nitrogens with zero attached hydrogens (tertiary/aromatic N) is 1. The van der Waals surface area contributed by atoms with Crippen LogP contribution in [0.2, 0.25) is 0 Å². The molecule has 6 nitrogen and oxygen atoms in total. The maximum absolute atomic E-state index is 12.7. The van der Waals surface area contributed by atoms with Gasteiger partial charge in [-0.05, 0) is 29.8 Å². The summed E-state index contributed by atoms with van der Waals surface area (Å²) in [4.78, 5) is 26.8. The Balaban J connectivity index is 2.11. The Labute approximate surface area is 157 Å². The molecule has 0 aromatic heterocycles. The van der Waals surface area contributed by atoms with E-state index in [-0.39, 0.29) is 17.9 Å². The van der Waals surface area contributed by atoms with Gasteiger partial charge < -0.3 is 19.5 Å². The number of likely N-dealkylation sites (tertiary alicyclic amines) is 1. The number of carbonyl (C=O) groups excluding carboxylic acids is 2. The predicted molar refractivity (Wildman–Crippen MR) is 100 cm³/mol. The molecule has 0 radical (unpaired) electrons. The van der Waals surface area contributed by atoms with Crippen LogP contribution in [0.1, 0.15) is 17.2 Å². The highest BCUT2D eigenvalue weighted by Crippen LogP contribution is 2.39. The van der Waals surface area contributed by atoms with Crippen molar-refractivity contribution in [3.8, 4) is 5.75 Å². The van der Waals surface area contributed by atoms with E-state index in [4.69, 9.17) is 9.47 Å². The van der Waals surface area contributed by atoms with E-state index in [0.29, 0.717) is 17.9 Å². The van der Waals surface area contributed by atoms with Gasteiger partial charge in [0.15, 0.2) is 0 Å². The molecule has 1 saturated heterocycles. The summed E-state index contributed by atoms with van der Waals surface area (Å²) < 4.78 is 10.2. The molecule has 0 spiro atoms. The SMILES string of the molecule is COCCN1C(=O)C(=O)/C(=C(/O)c2ccc(OC)cc2)[C@H]1c1ccccc1. The number of methoxy groups -OCH3 is 2. The van der Waals surface area contributed by atoms with Crippen LogP contribution in [-0.4, -0.2) is 49.1 Å². The molecule has 1 atom stereocenters. The van der Waals surface area contributed by atoms with Crippen LogP contribution in [0, 0.1) is 0 Å². The molecule has 3 rings (SSSR count). The Hall–Kier alpha value is -3.12. The van der Waals surface area contributed by atoms with Gasteiger partial charge in [0.05, 0.1) is 25.3 Å². The van der Waals surface area contributed by atoms with E-state index in [2.05, 4.69) is 0 Å². The minimum Gasteiger partial charge on any atom is -0.507 e. The first-order valence-electron chi connectivity index (χ1n) is 8.55. The summed E-state index contributed by atoms with van der Waals surface area (Å²) in [6.45, 7) is 0.541. The predicted octanol–water partition coefficient (Wildman–Crippen LogP) is 2.76. The van der Waals surface area contributed by atoms with Gasteiger partial charge in [0.2, 0.25) is 0 Å². The van der Waals surface area contributed by atoms with Crippen molar-refractivity contribution in [1.29, 1.82) is 0 Å². The lowest BCUT2D eigenvalue weighted by molar-refractivity contribution is -0.140. The van der Waals surface area contributed by atoms with Crippen molar-refractivity contribution < 1.29 is 24.2 Å². The third-order valence-corrected chi connectivity index (χ3v) is 4.56. The van der Waals surface area contributed by atoms with Crippen LogP contribution >= 0.6 is 0 Å². The summed E-state index contributed by atoms with van der Waals surface area (Å²) in [5.74, 6) is -0.916. The maximum atomic E-state index is 12.7. The van der Waals surface area contributed by atoms with E-state index in [9.17, 15) is 14.7 Å². The molecule has 1 amide bonds. The van der Waals surface area contributed by atoms with Gasteiger partial charge in [-0.25, -0.2) is 0 Å². The lowest BCUT2D eigenvalue weighted by atomic mass is 9.95. The van der Waals surface area contributed by atoms with Gasteiger partial charge in [-0.3, -0.25) is 9.59 Å². The second kappa shape index (κ2) is 8.05. The average molecular weight is 367 g/mol. The second-order valence-electron chi connectivity index (χ2n) is 6.12. The number of amides is 1. The summed E-state index contributed by atoms with van der Waals surface area (Å²) in [6.07, 6.45) is 0. The summed E-state index contributed by atoms with van der Waals surface area (Å²) in [6, 6.07) is 15.2. The Bertz CT molecular complexity index is 858. The highest BCUT2D eigenvalue weighted by Gasteiger charge is 2.45. The normalized spacial score (nSPS) is 18.7. The van der Waals surface area contributed by atoms with Crippen molar-refractivity contribution in [2.24, 2.45) is 0 Å². The summed E-state index contributed by atoms with van der Waals surface area (Å²) >= 11 is 0. The third kappa shape index (κ3) is 3.57. The van der Waals surface area contributed by atoms with Crippen molar-refractivity contribution in [2.45, 2.75) is 6.04 Å². The molecule has 27 heavy (non-hydrogen) atoms. The molecule has 0 unspecified atom stereocenters. The summed E-state index contributed by atoms with van der Waals surface area (Å²) in [5, 5.41) is 10.9. The summed E-state index contributed by atoms with van der Waals surface area (Å²) in [7, 11) is 3.08. The zero-order chi connectivity index (χ0) is 19.4. The van der Waals surface area contributed by atoms with Crippen molar-refractivity contribution in [1.82, 2.24) is 4.90 Å². The van der Waals surface area contributed by atoms with E-state index in [1.165, 1.54) is 12.0 Å².